The molecular formula is C13H13ClN4S. The topological polar surface area (TPSA) is 56.7 Å². The Morgan fingerprint density at radius 1 is 1.37 bits per heavy atom. The van der Waals surface area contributed by atoms with Crippen molar-refractivity contribution in [3.8, 4) is 11.5 Å². The molecule has 0 aliphatic heterocycles. The van der Waals surface area contributed by atoms with E-state index in [1.807, 2.05) is 23.6 Å². The van der Waals surface area contributed by atoms with E-state index >= 15 is 0 Å². The van der Waals surface area contributed by atoms with Gasteiger partial charge in [-0.2, -0.15) is 0 Å². The summed E-state index contributed by atoms with van der Waals surface area (Å²) in [7, 11) is 0. The first-order valence-corrected chi connectivity index (χ1v) is 7.32. The Kier molecular flexibility index (Phi) is 3.16. The first-order chi connectivity index (χ1) is 9.19. The predicted octanol–water partition coefficient (Wildman–Crippen LogP) is 3.81. The number of nitrogens with two attached hydrogens (primary N) is 1. The molecule has 3 aromatic rings. The maximum Gasteiger partial charge on any atom is 0.180 e. The molecule has 6 heteroatoms. The zero-order valence-corrected chi connectivity index (χ0v) is 12.0. The van der Waals surface area contributed by atoms with Crippen LogP contribution in [0.3, 0.4) is 0 Å². The number of fused-ring (bicyclic) bond motifs is 1. The molecule has 0 aliphatic carbocycles. The molecule has 2 N–H and O–H groups in total. The number of imidazole rings is 1. The SMILES string of the molecule is CCCn1c(-c2csc(N)n2)nc2cc(Cl)ccc21. The van der Waals surface area contributed by atoms with Crippen LogP contribution in [0.5, 0.6) is 0 Å². The number of halogens is 1. The average molecular weight is 293 g/mol. The van der Waals surface area contributed by atoms with Gasteiger partial charge in [-0.15, -0.1) is 11.3 Å². The Hall–Kier alpha value is -1.59. The highest BCUT2D eigenvalue weighted by atomic mass is 35.5. The molecule has 0 bridgehead atoms. The Labute approximate surface area is 119 Å². The monoisotopic (exact) mass is 292 g/mol. The van der Waals surface area contributed by atoms with Crippen LogP contribution >= 0.6 is 22.9 Å². The molecule has 1 aromatic carbocycles. The molecule has 0 spiro atoms. The van der Waals surface area contributed by atoms with Crippen molar-refractivity contribution in [1.29, 1.82) is 0 Å². The lowest BCUT2D eigenvalue weighted by atomic mass is 10.3. The third kappa shape index (κ3) is 2.19. The molecular weight excluding hydrogens is 280 g/mol. The largest absolute Gasteiger partial charge is 0.375 e. The number of aryl methyl sites for hydroxylation is 1. The second-order valence-electron chi connectivity index (χ2n) is 4.29. The summed E-state index contributed by atoms with van der Waals surface area (Å²) in [6.45, 7) is 3.03. The van der Waals surface area contributed by atoms with E-state index in [-0.39, 0.29) is 0 Å². The molecule has 0 unspecified atom stereocenters. The summed E-state index contributed by atoms with van der Waals surface area (Å²) in [5, 5.41) is 3.19. The second-order valence-corrected chi connectivity index (χ2v) is 5.62. The molecule has 19 heavy (non-hydrogen) atoms. The third-order valence-corrected chi connectivity index (χ3v) is 3.82. The molecule has 0 saturated heterocycles. The molecule has 0 saturated carbocycles. The molecule has 0 fully saturated rings. The fourth-order valence-electron chi connectivity index (χ4n) is 2.14. The second kappa shape index (κ2) is 4.83. The molecule has 0 amide bonds. The molecule has 2 aromatic heterocycles. The Bertz CT molecular complexity index is 731. The van der Waals surface area contributed by atoms with Gasteiger partial charge in [-0.3, -0.25) is 0 Å². The van der Waals surface area contributed by atoms with Gasteiger partial charge in [0.2, 0.25) is 0 Å². The van der Waals surface area contributed by atoms with Crippen LogP contribution in [0.1, 0.15) is 13.3 Å². The van der Waals surface area contributed by atoms with Crippen LogP contribution in [-0.4, -0.2) is 14.5 Å². The fraction of sp³-hybridized carbons (Fsp3) is 0.231. The van der Waals surface area contributed by atoms with Crippen LogP contribution in [0.4, 0.5) is 5.13 Å². The number of aromatic nitrogens is 3. The molecule has 0 radical (unpaired) electrons. The van der Waals surface area contributed by atoms with Crippen LogP contribution in [0.15, 0.2) is 23.6 Å². The van der Waals surface area contributed by atoms with Crippen molar-refractivity contribution >= 4 is 39.1 Å². The molecule has 0 aliphatic rings. The lowest BCUT2D eigenvalue weighted by Crippen LogP contribution is -2.00. The average Bonchev–Trinajstić information content (AvgIpc) is 2.94. The zero-order valence-electron chi connectivity index (χ0n) is 10.4. The van der Waals surface area contributed by atoms with Gasteiger partial charge in [0.1, 0.15) is 5.69 Å². The number of anilines is 1. The van der Waals surface area contributed by atoms with E-state index in [2.05, 4.69) is 21.5 Å². The highest BCUT2D eigenvalue weighted by Crippen LogP contribution is 2.28. The van der Waals surface area contributed by atoms with Crippen molar-refractivity contribution < 1.29 is 0 Å². The highest BCUT2D eigenvalue weighted by Gasteiger charge is 2.14. The maximum absolute atomic E-state index is 6.02. The van der Waals surface area contributed by atoms with Gasteiger partial charge in [-0.1, -0.05) is 18.5 Å². The minimum atomic E-state index is 0.558. The summed E-state index contributed by atoms with van der Waals surface area (Å²) in [4.78, 5) is 8.96. The van der Waals surface area contributed by atoms with Crippen molar-refractivity contribution in [2.45, 2.75) is 19.9 Å². The van der Waals surface area contributed by atoms with Gasteiger partial charge in [0.05, 0.1) is 11.0 Å². The summed E-state index contributed by atoms with van der Waals surface area (Å²) in [6, 6.07) is 5.76. The Morgan fingerprint density at radius 3 is 2.89 bits per heavy atom. The molecule has 0 atom stereocenters. The smallest absolute Gasteiger partial charge is 0.180 e. The third-order valence-electron chi connectivity index (χ3n) is 2.91. The van der Waals surface area contributed by atoms with Crippen molar-refractivity contribution in [3.63, 3.8) is 0 Å². The maximum atomic E-state index is 6.02. The van der Waals surface area contributed by atoms with E-state index in [1.165, 1.54) is 11.3 Å². The number of hydrogen-bond acceptors (Lipinski definition) is 4. The number of nitrogen functional groups attached to an aromatic ring is 1. The molecule has 3 rings (SSSR count). The minimum absolute atomic E-state index is 0.558. The summed E-state index contributed by atoms with van der Waals surface area (Å²) in [5.41, 5.74) is 8.50. The van der Waals surface area contributed by atoms with Crippen LogP contribution in [0.25, 0.3) is 22.6 Å². The molecule has 98 valence electrons. The zero-order chi connectivity index (χ0) is 13.4. The first kappa shape index (κ1) is 12.4. The van der Waals surface area contributed by atoms with Crippen LogP contribution in [0.2, 0.25) is 5.02 Å². The standard InChI is InChI=1S/C13H13ClN4S/c1-2-5-18-11-4-3-8(14)6-9(11)16-12(18)10-7-19-13(15)17-10/h3-4,6-7H,2,5H2,1H3,(H2,15,17). The van der Waals surface area contributed by atoms with Crippen LogP contribution in [-0.2, 0) is 6.54 Å². The van der Waals surface area contributed by atoms with E-state index in [0.29, 0.717) is 10.2 Å². The number of benzene rings is 1. The fourth-order valence-corrected chi connectivity index (χ4v) is 2.85. The summed E-state index contributed by atoms with van der Waals surface area (Å²) < 4.78 is 2.17. The van der Waals surface area contributed by atoms with E-state index in [4.69, 9.17) is 17.3 Å². The van der Waals surface area contributed by atoms with E-state index in [0.717, 1.165) is 35.5 Å². The number of rotatable bonds is 3. The summed E-state index contributed by atoms with van der Waals surface area (Å²) in [5.74, 6) is 0.854. The van der Waals surface area contributed by atoms with E-state index < -0.39 is 0 Å². The van der Waals surface area contributed by atoms with Crippen LogP contribution < -0.4 is 5.73 Å². The number of hydrogen-bond donors (Lipinski definition) is 1. The van der Waals surface area contributed by atoms with Gasteiger partial charge in [0.15, 0.2) is 11.0 Å². The molecule has 2 heterocycles. The highest BCUT2D eigenvalue weighted by molar-refractivity contribution is 7.13. The number of nitrogens with zero attached hydrogens (tertiary/aromatic N) is 3. The van der Waals surface area contributed by atoms with E-state index in [9.17, 15) is 0 Å². The summed E-state index contributed by atoms with van der Waals surface area (Å²) in [6.07, 6.45) is 1.03. The van der Waals surface area contributed by atoms with Crippen molar-refractivity contribution in [3.05, 3.63) is 28.6 Å². The first-order valence-electron chi connectivity index (χ1n) is 6.06. The summed E-state index contributed by atoms with van der Waals surface area (Å²) >= 11 is 7.45. The molecule has 4 nitrogen and oxygen atoms in total. The van der Waals surface area contributed by atoms with Gasteiger partial charge in [0.25, 0.3) is 0 Å². The van der Waals surface area contributed by atoms with Crippen LogP contribution in [0, 0.1) is 0 Å². The Morgan fingerprint density at radius 2 is 2.21 bits per heavy atom. The van der Waals surface area contributed by atoms with Crippen molar-refractivity contribution in [2.75, 3.05) is 5.73 Å². The van der Waals surface area contributed by atoms with Crippen molar-refractivity contribution in [2.24, 2.45) is 0 Å². The van der Waals surface area contributed by atoms with Crippen molar-refractivity contribution in [1.82, 2.24) is 14.5 Å². The van der Waals surface area contributed by atoms with Gasteiger partial charge in [-0.05, 0) is 24.6 Å². The van der Waals surface area contributed by atoms with Gasteiger partial charge in [0, 0.05) is 16.9 Å². The normalized spacial score (nSPS) is 11.3. The van der Waals surface area contributed by atoms with Gasteiger partial charge >= 0.3 is 0 Å². The minimum Gasteiger partial charge on any atom is -0.375 e. The Balaban J connectivity index is 2.25. The number of thiazole rings is 1. The quantitative estimate of drug-likeness (QED) is 0.798. The lowest BCUT2D eigenvalue weighted by Gasteiger charge is -2.05. The lowest BCUT2D eigenvalue weighted by molar-refractivity contribution is 0.703. The van der Waals surface area contributed by atoms with Gasteiger partial charge in [-0.25, -0.2) is 9.97 Å². The van der Waals surface area contributed by atoms with Gasteiger partial charge < -0.3 is 10.3 Å². The van der Waals surface area contributed by atoms with E-state index in [1.54, 1.807) is 0 Å². The predicted molar refractivity (Wildman–Crippen MR) is 80.6 cm³/mol.